The molecule has 3 N–H and O–H groups in total. The van der Waals surface area contributed by atoms with Crippen LogP contribution in [0, 0.1) is 0 Å². The summed E-state index contributed by atoms with van der Waals surface area (Å²) in [5.74, 6) is 0.0409. The summed E-state index contributed by atoms with van der Waals surface area (Å²) in [6, 6.07) is 13.5. The summed E-state index contributed by atoms with van der Waals surface area (Å²) in [5.41, 5.74) is 11.1. The Balaban J connectivity index is 1.59. The van der Waals surface area contributed by atoms with Crippen LogP contribution in [0.4, 0.5) is 5.69 Å². The normalized spacial score (nSPS) is 15.0. The van der Waals surface area contributed by atoms with Gasteiger partial charge in [0.2, 0.25) is 0 Å². The van der Waals surface area contributed by atoms with Crippen LogP contribution < -0.4 is 11.1 Å². The van der Waals surface area contributed by atoms with Gasteiger partial charge in [0.25, 0.3) is 5.91 Å². The lowest BCUT2D eigenvalue weighted by Crippen LogP contribution is -2.25. The van der Waals surface area contributed by atoms with Crippen LogP contribution >= 0.6 is 11.6 Å². The van der Waals surface area contributed by atoms with Crippen molar-refractivity contribution in [1.29, 1.82) is 0 Å². The quantitative estimate of drug-likeness (QED) is 0.662. The first-order valence-corrected chi connectivity index (χ1v) is 9.88. The Hall–Kier alpha value is -2.72. The van der Waals surface area contributed by atoms with Gasteiger partial charge in [0, 0.05) is 51.4 Å². The van der Waals surface area contributed by atoms with E-state index in [1.807, 2.05) is 55.5 Å². The predicted molar refractivity (Wildman–Crippen MR) is 118 cm³/mol. The molecule has 1 unspecified atom stereocenters. The van der Waals surface area contributed by atoms with Crippen LogP contribution in [0.25, 0.3) is 11.4 Å². The van der Waals surface area contributed by atoms with Crippen LogP contribution in [0.5, 0.6) is 0 Å². The Morgan fingerprint density at radius 2 is 2.00 bits per heavy atom. The van der Waals surface area contributed by atoms with Gasteiger partial charge in [-0.2, -0.15) is 0 Å². The number of hydrogen-bond donors (Lipinski definition) is 2. The summed E-state index contributed by atoms with van der Waals surface area (Å²) >= 11 is 6.16. The lowest BCUT2D eigenvalue weighted by atomic mass is 10.1. The van der Waals surface area contributed by atoms with Gasteiger partial charge in [-0.15, -0.1) is 0 Å². The number of allylic oxidation sites excluding steroid dienone is 1. The van der Waals surface area contributed by atoms with E-state index in [-0.39, 0.29) is 11.9 Å². The van der Waals surface area contributed by atoms with Gasteiger partial charge in [-0.05, 0) is 51.0 Å². The van der Waals surface area contributed by atoms with Crippen molar-refractivity contribution in [3.8, 4) is 0 Å². The minimum Gasteiger partial charge on any atom is -0.398 e. The zero-order valence-corrected chi connectivity index (χ0v) is 17.1. The highest BCUT2D eigenvalue weighted by Crippen LogP contribution is 2.31. The molecule has 0 radical (unpaired) electrons. The fraction of sp³-hybridized carbons (Fsp3) is 0.261. The maximum absolute atomic E-state index is 12.6. The fourth-order valence-corrected chi connectivity index (χ4v) is 3.68. The third kappa shape index (κ3) is 4.07. The van der Waals surface area contributed by atoms with Crippen molar-refractivity contribution in [2.24, 2.45) is 5.73 Å². The van der Waals surface area contributed by atoms with E-state index in [0.29, 0.717) is 17.3 Å². The number of fused-ring (bicyclic) bond motifs is 1. The zero-order valence-electron chi connectivity index (χ0n) is 16.3. The maximum atomic E-state index is 12.6. The van der Waals surface area contributed by atoms with Crippen molar-refractivity contribution < 1.29 is 4.79 Å². The van der Waals surface area contributed by atoms with Crippen molar-refractivity contribution in [2.45, 2.75) is 32.7 Å². The smallest absolute Gasteiger partial charge is 0.258 e. The number of carbonyl (C=O) groups excluding carboxylic acids is 1. The van der Waals surface area contributed by atoms with Crippen molar-refractivity contribution in [3.63, 3.8) is 0 Å². The van der Waals surface area contributed by atoms with Crippen molar-refractivity contribution >= 4 is 34.6 Å². The molecular weight excluding hydrogens is 370 g/mol. The van der Waals surface area contributed by atoms with Crippen LogP contribution in [-0.2, 0) is 0 Å². The van der Waals surface area contributed by atoms with Gasteiger partial charge in [-0.1, -0.05) is 42.5 Å². The second-order valence-electron chi connectivity index (χ2n) is 7.07. The molecule has 2 aromatic rings. The van der Waals surface area contributed by atoms with Gasteiger partial charge in [0.15, 0.2) is 0 Å². The Labute approximate surface area is 171 Å². The first-order chi connectivity index (χ1) is 13.4. The zero-order chi connectivity index (χ0) is 20.3. The molecule has 28 heavy (non-hydrogen) atoms. The highest BCUT2D eigenvalue weighted by Gasteiger charge is 2.29. The lowest BCUT2D eigenvalue weighted by molar-refractivity contribution is 0.0848. The van der Waals surface area contributed by atoms with E-state index in [1.54, 1.807) is 4.90 Å². The number of carbonyl (C=O) groups is 1. The molecule has 0 fully saturated rings. The molecule has 5 heteroatoms. The molecule has 0 saturated carbocycles. The highest BCUT2D eigenvalue weighted by atomic mass is 35.5. The van der Waals surface area contributed by atoms with E-state index in [2.05, 4.69) is 18.8 Å². The van der Waals surface area contributed by atoms with E-state index in [1.165, 1.54) is 0 Å². The number of halogens is 1. The number of nitrogens with zero attached hydrogens (tertiary/aromatic N) is 1. The Kier molecular flexibility index (Phi) is 6.10. The van der Waals surface area contributed by atoms with Crippen LogP contribution in [0.15, 0.2) is 55.1 Å². The van der Waals surface area contributed by atoms with E-state index in [0.717, 1.165) is 40.9 Å². The number of hydrogen-bond acceptors (Lipinski definition) is 3. The first kappa shape index (κ1) is 20.0. The van der Waals surface area contributed by atoms with E-state index < -0.39 is 0 Å². The second kappa shape index (κ2) is 8.53. The van der Waals surface area contributed by atoms with Gasteiger partial charge in [0.1, 0.15) is 0 Å². The summed E-state index contributed by atoms with van der Waals surface area (Å²) in [4.78, 5) is 14.4. The van der Waals surface area contributed by atoms with Crippen molar-refractivity contribution in [1.82, 2.24) is 4.90 Å². The summed E-state index contributed by atoms with van der Waals surface area (Å²) in [6.45, 7) is 8.78. The van der Waals surface area contributed by atoms with Gasteiger partial charge >= 0.3 is 0 Å². The lowest BCUT2D eigenvalue weighted by Gasteiger charge is -2.21. The standard InChI is InChI=1S/C23H26ClN3O/c1-4-21(25)20-12-11-17(24)14-22(20)26-15(2)8-7-13-27-16(3)18-9-5-6-10-19(18)23(27)28/h4-6,9-12,14-15,26H,3,7-8,13,25H2,1-2H3/b21-4+. The van der Waals surface area contributed by atoms with Gasteiger partial charge < -0.3 is 16.0 Å². The molecule has 0 aromatic heterocycles. The van der Waals surface area contributed by atoms with Crippen LogP contribution in [0.3, 0.4) is 0 Å². The minimum absolute atomic E-state index is 0.0409. The predicted octanol–water partition coefficient (Wildman–Crippen LogP) is 5.37. The number of rotatable bonds is 7. The third-order valence-electron chi connectivity index (χ3n) is 5.06. The summed E-state index contributed by atoms with van der Waals surface area (Å²) in [6.07, 6.45) is 3.64. The molecule has 0 bridgehead atoms. The first-order valence-electron chi connectivity index (χ1n) is 9.50. The molecule has 4 nitrogen and oxygen atoms in total. The molecule has 1 atom stereocenters. The molecule has 1 aliphatic rings. The SMILES string of the molecule is C=C1c2ccccc2C(=O)N1CCCC(C)Nc1cc(Cl)ccc1/C(N)=C\C. The fourth-order valence-electron chi connectivity index (χ4n) is 3.51. The monoisotopic (exact) mass is 395 g/mol. The number of nitrogens with two attached hydrogens (primary N) is 1. The summed E-state index contributed by atoms with van der Waals surface area (Å²) in [5, 5.41) is 4.17. The van der Waals surface area contributed by atoms with E-state index in [4.69, 9.17) is 17.3 Å². The van der Waals surface area contributed by atoms with Crippen LogP contribution in [0.2, 0.25) is 5.02 Å². The van der Waals surface area contributed by atoms with Gasteiger partial charge in [-0.3, -0.25) is 4.79 Å². The number of benzene rings is 2. The second-order valence-corrected chi connectivity index (χ2v) is 7.51. The Bertz CT molecular complexity index is 900. The van der Waals surface area contributed by atoms with Crippen molar-refractivity contribution in [2.75, 3.05) is 11.9 Å². The average molecular weight is 396 g/mol. The Morgan fingerprint density at radius 1 is 1.29 bits per heavy atom. The minimum atomic E-state index is 0.0409. The molecule has 3 rings (SSSR count). The molecule has 0 aliphatic carbocycles. The number of amides is 1. The third-order valence-corrected chi connectivity index (χ3v) is 5.30. The molecule has 0 saturated heterocycles. The average Bonchev–Trinajstić information content (AvgIpc) is 2.93. The van der Waals surface area contributed by atoms with Gasteiger partial charge in [-0.25, -0.2) is 0 Å². The molecule has 0 spiro atoms. The largest absolute Gasteiger partial charge is 0.398 e. The van der Waals surface area contributed by atoms with Crippen LogP contribution in [-0.4, -0.2) is 23.4 Å². The topological polar surface area (TPSA) is 58.4 Å². The van der Waals surface area contributed by atoms with Gasteiger partial charge in [0.05, 0.1) is 0 Å². The molecule has 2 aromatic carbocycles. The van der Waals surface area contributed by atoms with Crippen molar-refractivity contribution in [3.05, 3.63) is 76.8 Å². The molecular formula is C23H26ClN3O. The number of nitrogens with one attached hydrogen (secondary N) is 1. The highest BCUT2D eigenvalue weighted by molar-refractivity contribution is 6.31. The van der Waals surface area contributed by atoms with Crippen LogP contribution in [0.1, 0.15) is 48.2 Å². The summed E-state index contributed by atoms with van der Waals surface area (Å²) < 4.78 is 0. The summed E-state index contributed by atoms with van der Waals surface area (Å²) in [7, 11) is 0. The molecule has 1 aliphatic heterocycles. The van der Waals surface area contributed by atoms with E-state index >= 15 is 0 Å². The maximum Gasteiger partial charge on any atom is 0.258 e. The molecule has 1 heterocycles. The van der Waals surface area contributed by atoms with E-state index in [9.17, 15) is 4.79 Å². The Morgan fingerprint density at radius 3 is 2.68 bits per heavy atom. The molecule has 146 valence electrons. The number of anilines is 1. The molecule has 1 amide bonds.